The Morgan fingerprint density at radius 3 is 2.25 bits per heavy atom. The minimum absolute atomic E-state index is 0.169. The van der Waals surface area contributed by atoms with Gasteiger partial charge in [0.2, 0.25) is 5.91 Å². The van der Waals surface area contributed by atoms with Crippen molar-refractivity contribution in [2.45, 2.75) is 24.7 Å². The molecule has 0 saturated heterocycles. The van der Waals surface area contributed by atoms with Gasteiger partial charge in [-0.15, -0.1) is 0 Å². The molecule has 6 nitrogen and oxygen atoms in total. The number of carboxylic acid groups (broad SMARTS) is 1. The number of carbonyl (C=O) groups excluding carboxylic acids is 2. The topological polar surface area (TPSA) is 95.5 Å². The SMILES string of the molecule is O=C(O)CNC(=O)c1ccc(NC(=O)C2(c3ccc(F)cc3F)CCC2)cc1. The van der Waals surface area contributed by atoms with Crippen molar-refractivity contribution in [2.75, 3.05) is 11.9 Å². The fourth-order valence-electron chi connectivity index (χ4n) is 3.24. The molecule has 0 bridgehead atoms. The summed E-state index contributed by atoms with van der Waals surface area (Å²) in [6.07, 6.45) is 1.67. The number of anilines is 1. The Bertz CT molecular complexity index is 924. The van der Waals surface area contributed by atoms with E-state index < -0.39 is 41.4 Å². The number of amides is 2. The molecule has 0 atom stereocenters. The molecule has 2 aromatic rings. The summed E-state index contributed by atoms with van der Waals surface area (Å²) in [4.78, 5) is 35.1. The van der Waals surface area contributed by atoms with Crippen molar-refractivity contribution in [3.63, 3.8) is 0 Å². The van der Waals surface area contributed by atoms with Gasteiger partial charge in [0.25, 0.3) is 5.91 Å². The maximum Gasteiger partial charge on any atom is 0.322 e. The zero-order chi connectivity index (χ0) is 20.3. The average Bonchev–Trinajstić information content (AvgIpc) is 2.61. The largest absolute Gasteiger partial charge is 0.480 e. The number of nitrogens with one attached hydrogen (secondary N) is 2. The lowest BCUT2D eigenvalue weighted by Crippen LogP contribution is -2.46. The smallest absolute Gasteiger partial charge is 0.322 e. The standard InChI is InChI=1S/C20H18F2N2O4/c21-13-4-7-15(16(22)10-13)20(8-1-9-20)19(28)24-14-5-2-12(3-6-14)18(27)23-11-17(25)26/h2-7,10H,1,8-9,11H2,(H,23,27)(H,24,28)(H,25,26). The van der Waals surface area contributed by atoms with E-state index >= 15 is 0 Å². The van der Waals surface area contributed by atoms with Gasteiger partial charge >= 0.3 is 5.97 Å². The van der Waals surface area contributed by atoms with E-state index in [0.29, 0.717) is 18.5 Å². The Morgan fingerprint density at radius 2 is 1.71 bits per heavy atom. The highest BCUT2D eigenvalue weighted by Crippen LogP contribution is 2.45. The van der Waals surface area contributed by atoms with Crippen LogP contribution in [-0.2, 0) is 15.0 Å². The molecule has 2 aromatic carbocycles. The highest BCUT2D eigenvalue weighted by Gasteiger charge is 2.47. The fourth-order valence-corrected chi connectivity index (χ4v) is 3.24. The second kappa shape index (κ2) is 7.75. The third-order valence-electron chi connectivity index (χ3n) is 4.89. The maximum atomic E-state index is 14.2. The molecule has 3 N–H and O–H groups in total. The molecule has 0 aromatic heterocycles. The van der Waals surface area contributed by atoms with Crippen molar-refractivity contribution in [3.8, 4) is 0 Å². The molecule has 1 aliphatic carbocycles. The molecule has 146 valence electrons. The highest BCUT2D eigenvalue weighted by atomic mass is 19.1. The van der Waals surface area contributed by atoms with Gasteiger partial charge in [-0.2, -0.15) is 0 Å². The van der Waals surface area contributed by atoms with Crippen LogP contribution in [0.5, 0.6) is 0 Å². The third-order valence-corrected chi connectivity index (χ3v) is 4.89. The van der Waals surface area contributed by atoms with Crippen LogP contribution in [0.1, 0.15) is 35.2 Å². The number of hydrogen-bond acceptors (Lipinski definition) is 3. The Labute approximate surface area is 159 Å². The number of carboxylic acids is 1. The zero-order valence-corrected chi connectivity index (χ0v) is 14.8. The number of halogens is 2. The van der Waals surface area contributed by atoms with Crippen LogP contribution >= 0.6 is 0 Å². The predicted octanol–water partition coefficient (Wildman–Crippen LogP) is 2.84. The fraction of sp³-hybridized carbons (Fsp3) is 0.250. The van der Waals surface area contributed by atoms with Crippen molar-refractivity contribution < 1.29 is 28.3 Å². The molecule has 1 fully saturated rings. The van der Waals surface area contributed by atoms with E-state index in [4.69, 9.17) is 5.11 Å². The van der Waals surface area contributed by atoms with Gasteiger partial charge in [0.15, 0.2) is 0 Å². The van der Waals surface area contributed by atoms with Crippen LogP contribution in [-0.4, -0.2) is 29.4 Å². The summed E-state index contributed by atoms with van der Waals surface area (Å²) in [6.45, 7) is -0.497. The summed E-state index contributed by atoms with van der Waals surface area (Å²) in [6, 6.07) is 9.10. The molecule has 0 unspecified atom stereocenters. The van der Waals surface area contributed by atoms with Gasteiger partial charge in [-0.3, -0.25) is 14.4 Å². The number of carbonyl (C=O) groups is 3. The molecule has 0 spiro atoms. The van der Waals surface area contributed by atoms with Gasteiger partial charge in [-0.1, -0.05) is 12.5 Å². The summed E-state index contributed by atoms with van der Waals surface area (Å²) in [5.41, 5.74) is -0.229. The van der Waals surface area contributed by atoms with Gasteiger partial charge < -0.3 is 15.7 Å². The first-order chi connectivity index (χ1) is 13.3. The second-order valence-electron chi connectivity index (χ2n) is 6.67. The van der Waals surface area contributed by atoms with Crippen molar-refractivity contribution in [2.24, 2.45) is 0 Å². The summed E-state index contributed by atoms with van der Waals surface area (Å²) in [5, 5.41) is 13.5. The van der Waals surface area contributed by atoms with E-state index in [1.807, 2.05) is 0 Å². The Balaban J connectivity index is 1.73. The molecule has 0 heterocycles. The van der Waals surface area contributed by atoms with Crippen molar-refractivity contribution in [3.05, 3.63) is 65.2 Å². The first-order valence-electron chi connectivity index (χ1n) is 8.69. The van der Waals surface area contributed by atoms with Crippen LogP contribution in [0, 0.1) is 11.6 Å². The van der Waals surface area contributed by atoms with Crippen LogP contribution in [0.2, 0.25) is 0 Å². The lowest BCUT2D eigenvalue weighted by molar-refractivity contribution is -0.135. The normalized spacial score (nSPS) is 14.6. The highest BCUT2D eigenvalue weighted by molar-refractivity contribution is 6.01. The van der Waals surface area contributed by atoms with Crippen LogP contribution in [0.3, 0.4) is 0 Å². The second-order valence-corrected chi connectivity index (χ2v) is 6.67. The predicted molar refractivity (Wildman–Crippen MR) is 96.9 cm³/mol. The van der Waals surface area contributed by atoms with E-state index in [9.17, 15) is 23.2 Å². The van der Waals surface area contributed by atoms with E-state index in [1.165, 1.54) is 30.3 Å². The number of benzene rings is 2. The Kier molecular flexibility index (Phi) is 5.39. The monoisotopic (exact) mass is 388 g/mol. The minimum Gasteiger partial charge on any atom is -0.480 e. The van der Waals surface area contributed by atoms with E-state index in [-0.39, 0.29) is 11.1 Å². The molecule has 2 amide bonds. The molecule has 1 aliphatic rings. The Morgan fingerprint density at radius 1 is 1.04 bits per heavy atom. The van der Waals surface area contributed by atoms with E-state index in [0.717, 1.165) is 18.6 Å². The van der Waals surface area contributed by atoms with Crippen LogP contribution in [0.4, 0.5) is 14.5 Å². The van der Waals surface area contributed by atoms with Crippen molar-refractivity contribution in [1.82, 2.24) is 5.32 Å². The molecule has 0 aliphatic heterocycles. The average molecular weight is 388 g/mol. The molecular formula is C20H18F2N2O4. The molecule has 3 rings (SSSR count). The number of aliphatic carboxylic acids is 1. The van der Waals surface area contributed by atoms with Gasteiger partial charge in [0.05, 0.1) is 5.41 Å². The first-order valence-corrected chi connectivity index (χ1v) is 8.69. The minimum atomic E-state index is -1.16. The Hall–Kier alpha value is -3.29. The van der Waals surface area contributed by atoms with Gasteiger partial charge in [0.1, 0.15) is 18.2 Å². The maximum absolute atomic E-state index is 14.2. The summed E-state index contributed by atoms with van der Waals surface area (Å²) >= 11 is 0. The molecule has 28 heavy (non-hydrogen) atoms. The van der Waals surface area contributed by atoms with Gasteiger partial charge in [0, 0.05) is 22.9 Å². The first kappa shape index (κ1) is 19.5. The number of rotatable bonds is 6. The van der Waals surface area contributed by atoms with E-state index in [2.05, 4.69) is 10.6 Å². The van der Waals surface area contributed by atoms with Crippen molar-refractivity contribution in [1.29, 1.82) is 0 Å². The van der Waals surface area contributed by atoms with Crippen molar-refractivity contribution >= 4 is 23.5 Å². The molecule has 8 heteroatoms. The molecule has 1 saturated carbocycles. The molecular weight excluding hydrogens is 370 g/mol. The summed E-state index contributed by atoms with van der Waals surface area (Å²) in [5.74, 6) is -3.55. The van der Waals surface area contributed by atoms with Gasteiger partial charge in [-0.05, 0) is 43.2 Å². The zero-order valence-electron chi connectivity index (χ0n) is 14.8. The summed E-state index contributed by atoms with van der Waals surface area (Å²) < 4.78 is 27.4. The lowest BCUT2D eigenvalue weighted by Gasteiger charge is -2.40. The molecule has 0 radical (unpaired) electrons. The quantitative estimate of drug-likeness (QED) is 0.709. The van der Waals surface area contributed by atoms with Gasteiger partial charge in [-0.25, -0.2) is 8.78 Å². The lowest BCUT2D eigenvalue weighted by atomic mass is 9.63. The summed E-state index contributed by atoms with van der Waals surface area (Å²) in [7, 11) is 0. The number of hydrogen-bond donors (Lipinski definition) is 3. The van der Waals surface area contributed by atoms with Crippen LogP contribution in [0.25, 0.3) is 0 Å². The van der Waals surface area contributed by atoms with Crippen LogP contribution < -0.4 is 10.6 Å². The van der Waals surface area contributed by atoms with Crippen LogP contribution in [0.15, 0.2) is 42.5 Å². The van der Waals surface area contributed by atoms with E-state index in [1.54, 1.807) is 0 Å². The third kappa shape index (κ3) is 3.85.